The Kier molecular flexibility index (Phi) is 4.84. The third kappa shape index (κ3) is 3.63. The Balaban J connectivity index is 2.23. The van der Waals surface area contributed by atoms with E-state index in [0.29, 0.717) is 13.1 Å². The summed E-state index contributed by atoms with van der Waals surface area (Å²) in [6.45, 7) is 2.99. The number of aryl methyl sites for hydroxylation is 1. The molecule has 5 heteroatoms. The summed E-state index contributed by atoms with van der Waals surface area (Å²) >= 11 is 3.43. The van der Waals surface area contributed by atoms with Crippen LogP contribution in [0.4, 0.5) is 5.69 Å². The molecule has 0 aliphatic rings. The highest BCUT2D eigenvalue weighted by atomic mass is 79.9. The van der Waals surface area contributed by atoms with Crippen LogP contribution in [0, 0.1) is 6.92 Å². The van der Waals surface area contributed by atoms with Crippen LogP contribution in [-0.2, 0) is 11.3 Å². The summed E-state index contributed by atoms with van der Waals surface area (Å²) in [7, 11) is 0. The van der Waals surface area contributed by atoms with E-state index in [-0.39, 0.29) is 6.42 Å². The minimum atomic E-state index is -0.804. The number of anilines is 1. The molecule has 4 nitrogen and oxygen atoms in total. The van der Waals surface area contributed by atoms with Crippen molar-refractivity contribution in [3.8, 4) is 0 Å². The van der Waals surface area contributed by atoms with Gasteiger partial charge in [0.15, 0.2) is 0 Å². The Bertz CT molecular complexity index is 594. The lowest BCUT2D eigenvalue weighted by Crippen LogP contribution is -2.26. The van der Waals surface area contributed by atoms with Gasteiger partial charge in [0.05, 0.1) is 23.7 Å². The number of rotatable bonds is 6. The standard InChI is InChI=1S/C15H16BrNO3/c1-11-4-2-3-5-13(11)17(8-6-15(18)19)10-14-12(16)7-9-20-14/h2-5,7,9H,6,8,10H2,1H3,(H,18,19). The molecule has 0 unspecified atom stereocenters. The number of para-hydroxylation sites is 1. The fourth-order valence-corrected chi connectivity index (χ4v) is 2.37. The van der Waals surface area contributed by atoms with Gasteiger partial charge in [-0.3, -0.25) is 4.79 Å². The molecule has 0 atom stereocenters. The van der Waals surface area contributed by atoms with Crippen LogP contribution in [-0.4, -0.2) is 17.6 Å². The van der Waals surface area contributed by atoms with E-state index in [0.717, 1.165) is 21.5 Å². The van der Waals surface area contributed by atoms with Gasteiger partial charge >= 0.3 is 5.97 Å². The SMILES string of the molecule is Cc1ccccc1N(CCC(=O)O)Cc1occc1Br. The number of nitrogens with zero attached hydrogens (tertiary/aromatic N) is 1. The second-order valence-electron chi connectivity index (χ2n) is 4.54. The molecule has 0 aliphatic carbocycles. The van der Waals surface area contributed by atoms with Gasteiger partial charge in [-0.2, -0.15) is 0 Å². The van der Waals surface area contributed by atoms with E-state index < -0.39 is 5.97 Å². The molecule has 0 fully saturated rings. The molecule has 0 saturated carbocycles. The molecule has 0 bridgehead atoms. The third-order valence-electron chi connectivity index (χ3n) is 3.08. The van der Waals surface area contributed by atoms with E-state index >= 15 is 0 Å². The topological polar surface area (TPSA) is 53.7 Å². The fourth-order valence-electron chi connectivity index (χ4n) is 2.04. The number of hydrogen-bond donors (Lipinski definition) is 1. The van der Waals surface area contributed by atoms with Gasteiger partial charge in [-0.05, 0) is 40.5 Å². The van der Waals surface area contributed by atoms with Gasteiger partial charge < -0.3 is 14.4 Å². The Morgan fingerprint density at radius 1 is 1.35 bits per heavy atom. The Morgan fingerprint density at radius 2 is 2.10 bits per heavy atom. The molecule has 0 radical (unpaired) electrons. The number of carbonyl (C=O) groups is 1. The van der Waals surface area contributed by atoms with E-state index in [1.165, 1.54) is 0 Å². The van der Waals surface area contributed by atoms with Crippen LogP contribution in [0.15, 0.2) is 45.5 Å². The summed E-state index contributed by atoms with van der Waals surface area (Å²) in [4.78, 5) is 12.9. The lowest BCUT2D eigenvalue weighted by Gasteiger charge is -2.25. The summed E-state index contributed by atoms with van der Waals surface area (Å²) in [6.07, 6.45) is 1.71. The maximum Gasteiger partial charge on any atom is 0.305 e. The predicted octanol–water partition coefficient (Wildman–Crippen LogP) is 3.83. The minimum absolute atomic E-state index is 0.0899. The summed E-state index contributed by atoms with van der Waals surface area (Å²) in [5, 5.41) is 8.90. The molecular formula is C15H16BrNO3. The highest BCUT2D eigenvalue weighted by molar-refractivity contribution is 9.10. The predicted molar refractivity (Wildman–Crippen MR) is 80.9 cm³/mol. The van der Waals surface area contributed by atoms with Gasteiger partial charge in [-0.15, -0.1) is 0 Å². The normalized spacial score (nSPS) is 10.5. The quantitative estimate of drug-likeness (QED) is 0.870. The molecule has 2 aromatic rings. The van der Waals surface area contributed by atoms with Crippen LogP contribution in [0.2, 0.25) is 0 Å². The van der Waals surface area contributed by atoms with Gasteiger partial charge in [0.1, 0.15) is 5.76 Å². The summed E-state index contributed by atoms with van der Waals surface area (Å²) in [6, 6.07) is 9.77. The average molecular weight is 338 g/mol. The number of hydrogen-bond acceptors (Lipinski definition) is 3. The van der Waals surface area contributed by atoms with Crippen molar-refractivity contribution in [2.75, 3.05) is 11.4 Å². The second-order valence-corrected chi connectivity index (χ2v) is 5.40. The first kappa shape index (κ1) is 14.7. The molecule has 0 aliphatic heterocycles. The van der Waals surface area contributed by atoms with Crippen LogP contribution >= 0.6 is 15.9 Å². The van der Waals surface area contributed by atoms with Crippen LogP contribution in [0.3, 0.4) is 0 Å². The highest BCUT2D eigenvalue weighted by Gasteiger charge is 2.14. The number of aliphatic carboxylic acids is 1. The van der Waals surface area contributed by atoms with Crippen LogP contribution in [0.1, 0.15) is 17.7 Å². The molecule has 20 heavy (non-hydrogen) atoms. The van der Waals surface area contributed by atoms with Crippen molar-refractivity contribution in [2.45, 2.75) is 19.9 Å². The van der Waals surface area contributed by atoms with Crippen LogP contribution in [0.5, 0.6) is 0 Å². The number of carboxylic acid groups (broad SMARTS) is 1. The molecule has 1 aromatic heterocycles. The Labute approximate surface area is 126 Å². The van der Waals surface area contributed by atoms with E-state index in [1.54, 1.807) is 6.26 Å². The summed E-state index contributed by atoms with van der Waals surface area (Å²) in [5.74, 6) is -0.0132. The van der Waals surface area contributed by atoms with E-state index in [9.17, 15) is 4.79 Å². The number of carboxylic acids is 1. The number of furan rings is 1. The van der Waals surface area contributed by atoms with E-state index in [4.69, 9.17) is 9.52 Å². The first-order valence-electron chi connectivity index (χ1n) is 6.32. The summed E-state index contributed by atoms with van der Waals surface area (Å²) < 4.78 is 6.32. The molecule has 0 amide bonds. The molecule has 106 valence electrons. The zero-order valence-corrected chi connectivity index (χ0v) is 12.8. The minimum Gasteiger partial charge on any atom is -0.481 e. The fraction of sp³-hybridized carbons (Fsp3) is 0.267. The number of halogens is 1. The van der Waals surface area contributed by atoms with Crippen molar-refractivity contribution in [2.24, 2.45) is 0 Å². The van der Waals surface area contributed by atoms with Gasteiger partial charge in [-0.1, -0.05) is 18.2 Å². The van der Waals surface area contributed by atoms with E-state index in [1.807, 2.05) is 42.2 Å². The Hall–Kier alpha value is -1.75. The number of benzene rings is 1. The third-order valence-corrected chi connectivity index (χ3v) is 3.78. The van der Waals surface area contributed by atoms with Crippen molar-refractivity contribution >= 4 is 27.6 Å². The summed E-state index contributed by atoms with van der Waals surface area (Å²) in [5.41, 5.74) is 2.14. The van der Waals surface area contributed by atoms with E-state index in [2.05, 4.69) is 15.9 Å². The monoisotopic (exact) mass is 337 g/mol. The van der Waals surface area contributed by atoms with Crippen molar-refractivity contribution in [3.63, 3.8) is 0 Å². The molecular weight excluding hydrogens is 322 g/mol. The van der Waals surface area contributed by atoms with Gasteiger partial charge in [0.2, 0.25) is 0 Å². The van der Waals surface area contributed by atoms with Crippen molar-refractivity contribution in [3.05, 3.63) is 52.4 Å². The largest absolute Gasteiger partial charge is 0.481 e. The molecule has 0 saturated heterocycles. The zero-order valence-electron chi connectivity index (χ0n) is 11.2. The van der Waals surface area contributed by atoms with Crippen molar-refractivity contribution in [1.82, 2.24) is 0 Å². The zero-order chi connectivity index (χ0) is 14.5. The first-order valence-corrected chi connectivity index (χ1v) is 7.11. The Morgan fingerprint density at radius 3 is 2.70 bits per heavy atom. The average Bonchev–Trinajstić information content (AvgIpc) is 2.81. The van der Waals surface area contributed by atoms with Crippen LogP contribution in [0.25, 0.3) is 0 Å². The molecule has 1 N–H and O–H groups in total. The van der Waals surface area contributed by atoms with Gasteiger partial charge in [-0.25, -0.2) is 0 Å². The van der Waals surface area contributed by atoms with Crippen molar-refractivity contribution < 1.29 is 14.3 Å². The lowest BCUT2D eigenvalue weighted by molar-refractivity contribution is -0.136. The molecule has 0 spiro atoms. The van der Waals surface area contributed by atoms with Crippen molar-refractivity contribution in [1.29, 1.82) is 0 Å². The maximum absolute atomic E-state index is 10.8. The maximum atomic E-state index is 10.8. The first-order chi connectivity index (χ1) is 9.58. The molecule has 2 rings (SSSR count). The second kappa shape index (κ2) is 6.61. The highest BCUT2D eigenvalue weighted by Crippen LogP contribution is 2.25. The van der Waals surface area contributed by atoms with Gasteiger partial charge in [0.25, 0.3) is 0 Å². The van der Waals surface area contributed by atoms with Gasteiger partial charge in [0, 0.05) is 12.2 Å². The smallest absolute Gasteiger partial charge is 0.305 e. The molecule has 1 aromatic carbocycles. The molecule has 1 heterocycles. The lowest BCUT2D eigenvalue weighted by atomic mass is 10.1. The van der Waals surface area contributed by atoms with Crippen LogP contribution < -0.4 is 4.90 Å².